The quantitative estimate of drug-likeness (QED) is 0.223. The number of nitrogens with zero attached hydrogens (tertiary/aromatic N) is 3. The molecule has 0 aliphatic heterocycles. The Morgan fingerprint density at radius 3 is 2.46 bits per heavy atom. The number of unbranched alkanes of at least 4 members (excludes halogenated alkanes) is 1. The van der Waals surface area contributed by atoms with E-state index in [0.717, 1.165) is 6.42 Å². The topological polar surface area (TPSA) is 185 Å². The number of aromatic amines is 1. The van der Waals surface area contributed by atoms with Crippen molar-refractivity contribution < 1.29 is 27.5 Å². The molecule has 0 unspecified atom stereocenters. The van der Waals surface area contributed by atoms with Crippen LogP contribution in [-0.4, -0.2) is 78.6 Å². The zero-order chi connectivity index (χ0) is 25.7. The predicted molar refractivity (Wildman–Crippen MR) is 127 cm³/mol. The Morgan fingerprint density at radius 1 is 1.09 bits per heavy atom. The van der Waals surface area contributed by atoms with Crippen LogP contribution in [0.4, 0.5) is 0 Å². The first-order valence-corrected chi connectivity index (χ1v) is 12.8. The van der Waals surface area contributed by atoms with Crippen molar-refractivity contribution in [3.63, 3.8) is 0 Å². The van der Waals surface area contributed by atoms with E-state index in [2.05, 4.69) is 31.3 Å². The number of Topliss-reactive ketones (excluding diaryl/α,β-unsaturated/α-hetero) is 1. The molecule has 0 aliphatic carbocycles. The van der Waals surface area contributed by atoms with Gasteiger partial charge in [-0.05, 0) is 74.3 Å². The maximum Gasteiger partial charge on any atom is 0.271 e. The summed E-state index contributed by atoms with van der Waals surface area (Å²) in [5.41, 5.74) is 0.717. The Kier molecular flexibility index (Phi) is 11.2. The molecule has 0 spiro atoms. The second kappa shape index (κ2) is 14.1. The summed E-state index contributed by atoms with van der Waals surface area (Å²) in [5.74, 6) is -0.532. The van der Waals surface area contributed by atoms with Gasteiger partial charge in [-0.1, -0.05) is 0 Å². The van der Waals surface area contributed by atoms with Gasteiger partial charge in [0.25, 0.3) is 5.91 Å². The number of benzene rings is 1. The van der Waals surface area contributed by atoms with Gasteiger partial charge in [-0.2, -0.15) is 0 Å². The van der Waals surface area contributed by atoms with Crippen LogP contribution in [0.2, 0.25) is 0 Å². The molecule has 1 heterocycles. The summed E-state index contributed by atoms with van der Waals surface area (Å²) in [7, 11) is -2.16. The molecule has 0 aliphatic rings. The molecule has 14 heteroatoms. The lowest BCUT2D eigenvalue weighted by Crippen LogP contribution is -2.36. The molecular weight excluding hydrogens is 478 g/mol. The van der Waals surface area contributed by atoms with Gasteiger partial charge in [0, 0.05) is 18.5 Å². The molecule has 2 amide bonds. The Hall–Kier alpha value is -3.39. The summed E-state index contributed by atoms with van der Waals surface area (Å²) in [4.78, 5) is 35.2. The van der Waals surface area contributed by atoms with Gasteiger partial charge in [0.15, 0.2) is 12.4 Å². The third-order valence-electron chi connectivity index (χ3n) is 5.01. The van der Waals surface area contributed by atoms with E-state index in [0.29, 0.717) is 36.5 Å². The number of aromatic nitrogens is 4. The van der Waals surface area contributed by atoms with Gasteiger partial charge in [-0.25, -0.2) is 13.5 Å². The van der Waals surface area contributed by atoms with Gasteiger partial charge in [0.1, 0.15) is 11.5 Å². The molecule has 2 rings (SSSR count). The normalized spacial score (nSPS) is 12.1. The highest BCUT2D eigenvalue weighted by atomic mass is 32.2. The van der Waals surface area contributed by atoms with Crippen LogP contribution in [0.3, 0.4) is 0 Å². The Balaban J connectivity index is 1.60. The minimum atomic E-state index is -3.89. The highest BCUT2D eigenvalue weighted by Crippen LogP contribution is 2.18. The third-order valence-corrected chi connectivity index (χ3v) is 6.38. The maximum atomic E-state index is 12.1. The zero-order valence-corrected chi connectivity index (χ0v) is 20.6. The highest BCUT2D eigenvalue weighted by Gasteiger charge is 2.16. The van der Waals surface area contributed by atoms with Crippen LogP contribution in [0, 0.1) is 0 Å². The highest BCUT2D eigenvalue weighted by molar-refractivity contribution is 7.90. The van der Waals surface area contributed by atoms with Crippen LogP contribution in [0.25, 0.3) is 11.4 Å². The average molecular weight is 510 g/mol. The van der Waals surface area contributed by atoms with Crippen molar-refractivity contribution >= 4 is 27.6 Å². The van der Waals surface area contributed by atoms with Crippen LogP contribution >= 0.6 is 0 Å². The molecule has 0 bridgehead atoms. The monoisotopic (exact) mass is 509 g/mol. The standard InChI is InChI=1S/C21H31N7O6S/c1-15(29)18(22-2)6-3-4-12-23-19(30)7-5-13-35(32,33)26-20(31)14-34-17-10-8-16(9-11-17)21-24-27-28-25-21/h8-11,18,22H,3-7,12-14H2,1-2H3,(H,23,30)(H,26,31)(H,24,25,27,28)/t18-/m0/s1. The smallest absolute Gasteiger partial charge is 0.271 e. The molecule has 192 valence electrons. The van der Waals surface area contributed by atoms with Gasteiger partial charge in [-0.3, -0.25) is 19.1 Å². The van der Waals surface area contributed by atoms with Crippen molar-refractivity contribution in [1.29, 1.82) is 0 Å². The van der Waals surface area contributed by atoms with Crippen LogP contribution in [-0.2, 0) is 24.4 Å². The maximum absolute atomic E-state index is 12.1. The number of sulfonamides is 1. The second-order valence-electron chi connectivity index (χ2n) is 7.81. The number of ketones is 1. The van der Waals surface area contributed by atoms with Crippen LogP contribution < -0.4 is 20.1 Å². The largest absolute Gasteiger partial charge is 0.484 e. The number of amides is 2. The number of ether oxygens (including phenoxy) is 1. The predicted octanol–water partition coefficient (Wildman–Crippen LogP) is -0.0648. The molecular formula is C21H31N7O6S. The number of H-pyrrole nitrogens is 1. The van der Waals surface area contributed by atoms with E-state index in [4.69, 9.17) is 4.74 Å². The van der Waals surface area contributed by atoms with Crippen molar-refractivity contribution in [2.24, 2.45) is 0 Å². The van der Waals surface area contributed by atoms with E-state index in [-0.39, 0.29) is 36.3 Å². The Morgan fingerprint density at radius 2 is 1.83 bits per heavy atom. The summed E-state index contributed by atoms with van der Waals surface area (Å²) in [6.45, 7) is 1.50. The van der Waals surface area contributed by atoms with E-state index in [1.807, 2.05) is 4.72 Å². The van der Waals surface area contributed by atoms with Gasteiger partial charge < -0.3 is 15.4 Å². The molecule has 13 nitrogen and oxygen atoms in total. The summed E-state index contributed by atoms with van der Waals surface area (Å²) < 4.78 is 31.4. The lowest BCUT2D eigenvalue weighted by atomic mass is 10.1. The van der Waals surface area contributed by atoms with E-state index >= 15 is 0 Å². The molecule has 2 aromatic rings. The Labute approximate surface area is 203 Å². The summed E-state index contributed by atoms with van der Waals surface area (Å²) in [6, 6.07) is 6.38. The van der Waals surface area contributed by atoms with E-state index in [9.17, 15) is 22.8 Å². The number of tetrazole rings is 1. The summed E-state index contributed by atoms with van der Waals surface area (Å²) in [6.07, 6.45) is 2.27. The van der Waals surface area contributed by atoms with Crippen LogP contribution in [0.1, 0.15) is 39.0 Å². The Bertz CT molecular complexity index is 1060. The van der Waals surface area contributed by atoms with Crippen molar-refractivity contribution in [2.45, 2.75) is 45.1 Å². The van der Waals surface area contributed by atoms with Gasteiger partial charge >= 0.3 is 0 Å². The van der Waals surface area contributed by atoms with Crippen molar-refractivity contribution in [2.75, 3.05) is 26.0 Å². The number of likely N-dealkylation sites (N-methyl/N-ethyl adjacent to an activating group) is 1. The molecule has 1 aromatic heterocycles. The van der Waals surface area contributed by atoms with Crippen LogP contribution in [0.15, 0.2) is 24.3 Å². The summed E-state index contributed by atoms with van der Waals surface area (Å²) >= 11 is 0. The second-order valence-corrected chi connectivity index (χ2v) is 9.65. The van der Waals surface area contributed by atoms with E-state index < -0.39 is 22.5 Å². The minimum Gasteiger partial charge on any atom is -0.484 e. The molecule has 0 saturated carbocycles. The average Bonchev–Trinajstić information content (AvgIpc) is 3.34. The van der Waals surface area contributed by atoms with E-state index in [1.165, 1.54) is 6.92 Å². The van der Waals surface area contributed by atoms with Crippen molar-refractivity contribution in [1.82, 2.24) is 36.0 Å². The fourth-order valence-electron chi connectivity index (χ4n) is 3.16. The first kappa shape index (κ1) is 27.9. The molecule has 0 fully saturated rings. The van der Waals surface area contributed by atoms with Crippen molar-refractivity contribution in [3.05, 3.63) is 24.3 Å². The molecule has 4 N–H and O–H groups in total. The molecule has 1 aromatic carbocycles. The lowest BCUT2D eigenvalue weighted by Gasteiger charge is -2.12. The minimum absolute atomic E-state index is 0.0191. The number of carbonyl (C=O) groups excluding carboxylic acids is 3. The van der Waals surface area contributed by atoms with Gasteiger partial charge in [-0.15, -0.1) is 5.10 Å². The summed E-state index contributed by atoms with van der Waals surface area (Å²) in [5, 5.41) is 19.0. The third kappa shape index (κ3) is 10.6. The number of hydrogen-bond donors (Lipinski definition) is 4. The molecule has 1 atom stereocenters. The van der Waals surface area contributed by atoms with E-state index in [1.54, 1.807) is 31.3 Å². The van der Waals surface area contributed by atoms with Crippen LogP contribution in [0.5, 0.6) is 5.75 Å². The number of carbonyl (C=O) groups is 3. The molecule has 0 saturated heterocycles. The number of nitrogens with one attached hydrogen (secondary N) is 4. The lowest BCUT2D eigenvalue weighted by molar-refractivity contribution is -0.121. The fourth-order valence-corrected chi connectivity index (χ4v) is 4.19. The molecule has 35 heavy (non-hydrogen) atoms. The fraction of sp³-hybridized carbons (Fsp3) is 0.524. The zero-order valence-electron chi connectivity index (χ0n) is 19.7. The van der Waals surface area contributed by atoms with Crippen molar-refractivity contribution in [3.8, 4) is 17.1 Å². The SMILES string of the molecule is CN[C@@H](CCCCNC(=O)CCCS(=O)(=O)NC(=O)COc1ccc(-c2nnn[nH]2)cc1)C(C)=O. The number of hydrogen-bond acceptors (Lipinski definition) is 10. The van der Waals surface area contributed by atoms with Gasteiger partial charge in [0.05, 0.1) is 11.8 Å². The van der Waals surface area contributed by atoms with Gasteiger partial charge in [0.2, 0.25) is 15.9 Å². The first-order chi connectivity index (χ1) is 16.7. The molecule has 0 radical (unpaired) electrons. The number of rotatable bonds is 16. The first-order valence-electron chi connectivity index (χ1n) is 11.1.